The molecule has 150 valence electrons. The third-order valence-electron chi connectivity index (χ3n) is 5.05. The minimum Gasteiger partial charge on any atom is -0.324 e. The van der Waals surface area contributed by atoms with E-state index < -0.39 is 34.9 Å². The molecule has 2 aromatic carbocycles. The van der Waals surface area contributed by atoms with Crippen LogP contribution in [0, 0.1) is 17.0 Å². The first kappa shape index (κ1) is 20.0. The molecule has 9 nitrogen and oxygen atoms in total. The predicted molar refractivity (Wildman–Crippen MR) is 105 cm³/mol. The van der Waals surface area contributed by atoms with E-state index in [1.54, 1.807) is 37.3 Å². The van der Waals surface area contributed by atoms with Crippen molar-refractivity contribution in [3.8, 4) is 0 Å². The number of imide groups is 1. The standard InChI is InChI=1S/C20H20N4O5/c1-3-20(14-8-5-4-6-9-14)18(26)23(19(27)22-20)12-17(25)21-15-10-7-11-16(13(15)2)24(28)29/h4-11H,3,12H2,1-2H3,(H,21,25)(H,22,27)/t20-/m1/s1. The van der Waals surface area contributed by atoms with Gasteiger partial charge in [0.05, 0.1) is 16.2 Å². The number of benzene rings is 2. The van der Waals surface area contributed by atoms with Crippen molar-refractivity contribution in [3.63, 3.8) is 0 Å². The summed E-state index contributed by atoms with van der Waals surface area (Å²) in [5.41, 5.74) is -0.179. The van der Waals surface area contributed by atoms with Crippen LogP contribution in [-0.4, -0.2) is 34.2 Å². The zero-order chi connectivity index (χ0) is 21.2. The number of nitro benzene ring substituents is 1. The number of rotatable bonds is 6. The summed E-state index contributed by atoms with van der Waals surface area (Å²) in [5.74, 6) is -1.14. The highest BCUT2D eigenvalue weighted by atomic mass is 16.6. The van der Waals surface area contributed by atoms with Crippen LogP contribution in [0.15, 0.2) is 48.5 Å². The lowest BCUT2D eigenvalue weighted by molar-refractivity contribution is -0.385. The molecule has 1 heterocycles. The van der Waals surface area contributed by atoms with Gasteiger partial charge in [0, 0.05) is 6.07 Å². The molecule has 1 aliphatic rings. The highest BCUT2D eigenvalue weighted by Crippen LogP contribution is 2.32. The van der Waals surface area contributed by atoms with Gasteiger partial charge in [0.25, 0.3) is 11.6 Å². The smallest absolute Gasteiger partial charge is 0.324 e. The van der Waals surface area contributed by atoms with Gasteiger partial charge in [0.2, 0.25) is 5.91 Å². The highest BCUT2D eigenvalue weighted by Gasteiger charge is 2.51. The van der Waals surface area contributed by atoms with E-state index in [0.717, 1.165) is 4.90 Å². The molecule has 2 N–H and O–H groups in total. The molecule has 0 unspecified atom stereocenters. The largest absolute Gasteiger partial charge is 0.325 e. The van der Waals surface area contributed by atoms with Gasteiger partial charge >= 0.3 is 6.03 Å². The number of hydrogen-bond donors (Lipinski definition) is 2. The SMILES string of the molecule is CC[C@]1(c2ccccc2)NC(=O)N(CC(=O)Nc2cccc([N+](=O)[O-])c2C)C1=O. The number of amides is 4. The van der Waals surface area contributed by atoms with Gasteiger partial charge in [-0.1, -0.05) is 43.3 Å². The molecule has 0 spiro atoms. The molecule has 2 aromatic rings. The van der Waals surface area contributed by atoms with Gasteiger partial charge in [0.1, 0.15) is 12.1 Å². The van der Waals surface area contributed by atoms with Crippen molar-refractivity contribution in [2.75, 3.05) is 11.9 Å². The highest BCUT2D eigenvalue weighted by molar-refractivity contribution is 6.10. The van der Waals surface area contributed by atoms with Gasteiger partial charge in [0.15, 0.2) is 0 Å². The van der Waals surface area contributed by atoms with Crippen molar-refractivity contribution >= 4 is 29.2 Å². The molecule has 4 amide bonds. The number of nitro groups is 1. The summed E-state index contributed by atoms with van der Waals surface area (Å²) in [6.07, 6.45) is 0.323. The molecule has 1 aliphatic heterocycles. The maximum Gasteiger partial charge on any atom is 0.325 e. The van der Waals surface area contributed by atoms with E-state index in [4.69, 9.17) is 0 Å². The van der Waals surface area contributed by atoms with Crippen LogP contribution in [0.1, 0.15) is 24.5 Å². The minimum absolute atomic E-state index is 0.133. The lowest BCUT2D eigenvalue weighted by atomic mass is 9.87. The zero-order valence-corrected chi connectivity index (χ0v) is 16.0. The predicted octanol–water partition coefficient (Wildman–Crippen LogP) is 2.70. The van der Waals surface area contributed by atoms with Crippen LogP contribution in [0.25, 0.3) is 0 Å². The van der Waals surface area contributed by atoms with E-state index in [1.165, 1.54) is 25.1 Å². The number of carbonyl (C=O) groups excluding carboxylic acids is 3. The van der Waals surface area contributed by atoms with E-state index in [2.05, 4.69) is 10.6 Å². The average molecular weight is 396 g/mol. The Kier molecular flexibility index (Phi) is 5.31. The van der Waals surface area contributed by atoms with Crippen LogP contribution in [0.3, 0.4) is 0 Å². The molecule has 1 saturated heterocycles. The number of anilines is 1. The van der Waals surface area contributed by atoms with Crippen LogP contribution in [-0.2, 0) is 15.1 Å². The molecular formula is C20H20N4O5. The fraction of sp³-hybridized carbons (Fsp3) is 0.250. The summed E-state index contributed by atoms with van der Waals surface area (Å²) in [7, 11) is 0. The molecular weight excluding hydrogens is 376 g/mol. The molecule has 0 radical (unpaired) electrons. The van der Waals surface area contributed by atoms with Crippen LogP contribution in [0.4, 0.5) is 16.2 Å². The summed E-state index contributed by atoms with van der Waals surface area (Å²) >= 11 is 0. The normalized spacial score (nSPS) is 18.5. The molecule has 0 saturated carbocycles. The van der Waals surface area contributed by atoms with E-state index in [1.807, 2.05) is 0 Å². The van der Waals surface area contributed by atoms with E-state index >= 15 is 0 Å². The van der Waals surface area contributed by atoms with Gasteiger partial charge in [-0.3, -0.25) is 24.6 Å². The Bertz CT molecular complexity index is 992. The molecule has 29 heavy (non-hydrogen) atoms. The van der Waals surface area contributed by atoms with Crippen molar-refractivity contribution < 1.29 is 19.3 Å². The summed E-state index contributed by atoms with van der Waals surface area (Å²) in [4.78, 5) is 49.3. The molecule has 1 atom stereocenters. The zero-order valence-electron chi connectivity index (χ0n) is 16.0. The first-order valence-electron chi connectivity index (χ1n) is 9.03. The second-order valence-corrected chi connectivity index (χ2v) is 6.70. The first-order chi connectivity index (χ1) is 13.8. The van der Waals surface area contributed by atoms with Crippen molar-refractivity contribution in [2.45, 2.75) is 25.8 Å². The number of nitrogens with zero attached hydrogens (tertiary/aromatic N) is 2. The maximum atomic E-state index is 13.0. The Morgan fingerprint density at radius 1 is 1.17 bits per heavy atom. The third kappa shape index (κ3) is 3.54. The van der Waals surface area contributed by atoms with Gasteiger partial charge in [-0.15, -0.1) is 0 Å². The fourth-order valence-corrected chi connectivity index (χ4v) is 3.42. The van der Waals surface area contributed by atoms with E-state index in [-0.39, 0.29) is 16.9 Å². The topological polar surface area (TPSA) is 122 Å². The summed E-state index contributed by atoms with van der Waals surface area (Å²) in [6, 6.07) is 12.5. The summed E-state index contributed by atoms with van der Waals surface area (Å²) in [5, 5.41) is 16.3. The fourth-order valence-electron chi connectivity index (χ4n) is 3.42. The Morgan fingerprint density at radius 2 is 1.86 bits per heavy atom. The Balaban J connectivity index is 1.80. The first-order valence-corrected chi connectivity index (χ1v) is 9.03. The lowest BCUT2D eigenvalue weighted by Gasteiger charge is -2.25. The molecule has 0 bridgehead atoms. The molecule has 1 fully saturated rings. The number of carbonyl (C=O) groups is 3. The lowest BCUT2D eigenvalue weighted by Crippen LogP contribution is -2.44. The molecule has 3 rings (SSSR count). The Labute approximate surface area is 166 Å². The second-order valence-electron chi connectivity index (χ2n) is 6.70. The quantitative estimate of drug-likeness (QED) is 0.442. The van der Waals surface area contributed by atoms with Crippen LogP contribution < -0.4 is 10.6 Å². The van der Waals surface area contributed by atoms with Gasteiger partial charge in [-0.05, 0) is 25.0 Å². The molecule has 0 aliphatic carbocycles. The van der Waals surface area contributed by atoms with Crippen LogP contribution in [0.5, 0.6) is 0 Å². The van der Waals surface area contributed by atoms with Crippen LogP contribution >= 0.6 is 0 Å². The second kappa shape index (κ2) is 7.70. The Morgan fingerprint density at radius 3 is 2.48 bits per heavy atom. The number of hydrogen-bond acceptors (Lipinski definition) is 5. The Hall–Kier alpha value is -3.75. The van der Waals surface area contributed by atoms with Crippen molar-refractivity contribution in [1.82, 2.24) is 10.2 Å². The summed E-state index contributed by atoms with van der Waals surface area (Å²) < 4.78 is 0. The van der Waals surface area contributed by atoms with Crippen molar-refractivity contribution in [3.05, 3.63) is 69.8 Å². The minimum atomic E-state index is -1.22. The van der Waals surface area contributed by atoms with E-state index in [0.29, 0.717) is 12.0 Å². The monoisotopic (exact) mass is 396 g/mol. The van der Waals surface area contributed by atoms with Gasteiger partial charge in [-0.25, -0.2) is 4.79 Å². The van der Waals surface area contributed by atoms with Gasteiger partial charge in [-0.2, -0.15) is 0 Å². The third-order valence-corrected chi connectivity index (χ3v) is 5.05. The number of nitrogens with one attached hydrogen (secondary N) is 2. The van der Waals surface area contributed by atoms with Gasteiger partial charge < -0.3 is 10.6 Å². The van der Waals surface area contributed by atoms with Crippen molar-refractivity contribution in [2.24, 2.45) is 0 Å². The average Bonchev–Trinajstić information content (AvgIpc) is 2.95. The molecule has 9 heteroatoms. The number of urea groups is 1. The summed E-state index contributed by atoms with van der Waals surface area (Å²) in [6.45, 7) is 2.79. The van der Waals surface area contributed by atoms with E-state index in [9.17, 15) is 24.5 Å². The molecule has 0 aromatic heterocycles. The van der Waals surface area contributed by atoms with Crippen molar-refractivity contribution in [1.29, 1.82) is 0 Å². The maximum absolute atomic E-state index is 13.0. The van der Waals surface area contributed by atoms with Crippen LogP contribution in [0.2, 0.25) is 0 Å².